The summed E-state index contributed by atoms with van der Waals surface area (Å²) in [7, 11) is 0. The van der Waals surface area contributed by atoms with Crippen molar-refractivity contribution in [2.24, 2.45) is 11.3 Å². The fourth-order valence-corrected chi connectivity index (χ4v) is 5.54. The highest BCUT2D eigenvalue weighted by atomic mass is 35.5. The fraction of sp³-hybridized carbons (Fsp3) is 0.560. The van der Waals surface area contributed by atoms with Crippen LogP contribution in [0.25, 0.3) is 0 Å². The van der Waals surface area contributed by atoms with Crippen molar-refractivity contribution >= 4 is 29.4 Å². The van der Waals surface area contributed by atoms with Crippen LogP contribution in [0, 0.1) is 11.3 Å². The van der Waals surface area contributed by atoms with Gasteiger partial charge in [-0.15, -0.1) is 0 Å². The van der Waals surface area contributed by atoms with E-state index in [2.05, 4.69) is 0 Å². The van der Waals surface area contributed by atoms with E-state index in [1.54, 1.807) is 11.8 Å². The van der Waals surface area contributed by atoms with Gasteiger partial charge in [-0.2, -0.15) is 0 Å². The van der Waals surface area contributed by atoms with Crippen LogP contribution in [0.1, 0.15) is 51.0 Å². The third-order valence-corrected chi connectivity index (χ3v) is 7.29. The van der Waals surface area contributed by atoms with Crippen molar-refractivity contribution in [2.45, 2.75) is 51.9 Å². The summed E-state index contributed by atoms with van der Waals surface area (Å²) in [5.74, 6) is -1.24. The molecule has 4 rings (SSSR count). The van der Waals surface area contributed by atoms with Crippen LogP contribution in [0.4, 0.5) is 0 Å². The summed E-state index contributed by atoms with van der Waals surface area (Å²) in [5, 5.41) is 0.669. The lowest BCUT2D eigenvalue weighted by molar-refractivity contribution is -0.158. The summed E-state index contributed by atoms with van der Waals surface area (Å²) < 4.78 is 5.50. The second-order valence-electron chi connectivity index (χ2n) is 8.88. The second kappa shape index (κ2) is 9.65. The molecule has 0 radical (unpaired) electrons. The number of allylic oxidation sites excluding steroid dienone is 1. The first kappa shape index (κ1) is 22.8. The second-order valence-corrected chi connectivity index (χ2v) is 9.32. The minimum atomic E-state index is -1.05. The van der Waals surface area contributed by atoms with Crippen molar-refractivity contribution in [3.8, 4) is 0 Å². The number of hydrogen-bond acceptors (Lipinski definition) is 4. The molecule has 1 aliphatic carbocycles. The molecule has 0 bridgehead atoms. The van der Waals surface area contributed by atoms with E-state index in [4.69, 9.17) is 16.3 Å². The molecule has 0 saturated carbocycles. The molecule has 2 saturated heterocycles. The number of benzene rings is 1. The van der Waals surface area contributed by atoms with Gasteiger partial charge in [0.25, 0.3) is 0 Å². The Labute approximate surface area is 194 Å². The zero-order valence-corrected chi connectivity index (χ0v) is 19.4. The van der Waals surface area contributed by atoms with Gasteiger partial charge in [-0.25, -0.2) is 0 Å². The molecule has 2 amide bonds. The number of hydrogen-bond donors (Lipinski definition) is 0. The predicted molar refractivity (Wildman–Crippen MR) is 122 cm³/mol. The van der Waals surface area contributed by atoms with Crippen molar-refractivity contribution < 1.29 is 19.1 Å². The van der Waals surface area contributed by atoms with Gasteiger partial charge in [-0.3, -0.25) is 14.4 Å². The molecule has 0 unspecified atom stereocenters. The fourth-order valence-electron chi connectivity index (χ4n) is 5.41. The first-order valence-corrected chi connectivity index (χ1v) is 12.1. The summed E-state index contributed by atoms with van der Waals surface area (Å²) in [6, 6.07) is 7.57. The Balaban J connectivity index is 1.63. The van der Waals surface area contributed by atoms with Crippen LogP contribution in [0.5, 0.6) is 0 Å². The zero-order chi connectivity index (χ0) is 22.7. The number of likely N-dealkylation sites (tertiary alicyclic amines) is 2. The van der Waals surface area contributed by atoms with E-state index in [1.807, 2.05) is 35.2 Å². The standard InChI is InChI=1S/C25H31ClN2O4/c1-2-32-24(31)25-13-4-3-7-21(25)28(16-12-18-8-10-19(26)11-9-18)23(30)20(25)17-22(29)27-14-5-6-15-27/h7-11,20H,2-6,12-17H2,1H3/t20-,25-/m1/s1. The highest BCUT2D eigenvalue weighted by molar-refractivity contribution is 6.30. The van der Waals surface area contributed by atoms with Gasteiger partial charge in [-0.05, 0) is 63.1 Å². The Bertz CT molecular complexity index is 907. The molecule has 2 aliphatic heterocycles. The lowest BCUT2D eigenvalue weighted by Gasteiger charge is -2.35. The smallest absolute Gasteiger partial charge is 0.318 e. The van der Waals surface area contributed by atoms with Crippen LogP contribution in [-0.4, -0.2) is 53.8 Å². The van der Waals surface area contributed by atoms with Crippen molar-refractivity contribution in [3.63, 3.8) is 0 Å². The molecule has 0 N–H and O–H groups in total. The zero-order valence-electron chi connectivity index (χ0n) is 18.6. The maximum Gasteiger partial charge on any atom is 0.318 e. The van der Waals surface area contributed by atoms with Crippen LogP contribution in [-0.2, 0) is 25.5 Å². The lowest BCUT2D eigenvalue weighted by Crippen LogP contribution is -2.43. The molecule has 32 heavy (non-hydrogen) atoms. The molecule has 7 heteroatoms. The molecule has 1 aromatic carbocycles. The number of rotatable bonds is 7. The van der Waals surface area contributed by atoms with Gasteiger partial charge in [-0.1, -0.05) is 29.8 Å². The van der Waals surface area contributed by atoms with Crippen molar-refractivity contribution in [1.82, 2.24) is 9.80 Å². The predicted octanol–water partition coefficient (Wildman–Crippen LogP) is 3.97. The molecule has 2 atom stereocenters. The number of carbonyl (C=O) groups excluding carboxylic acids is 3. The number of carbonyl (C=O) groups is 3. The summed E-state index contributed by atoms with van der Waals surface area (Å²) in [6.07, 6.45) is 6.86. The molecule has 2 fully saturated rings. The van der Waals surface area contributed by atoms with E-state index < -0.39 is 11.3 Å². The van der Waals surface area contributed by atoms with Crippen molar-refractivity contribution in [1.29, 1.82) is 0 Å². The van der Waals surface area contributed by atoms with Gasteiger partial charge in [0.1, 0.15) is 5.41 Å². The minimum absolute atomic E-state index is 0.0333. The SMILES string of the molecule is CCOC(=O)[C@@]12CCCC=C1N(CCc1ccc(Cl)cc1)C(=O)[C@H]2CC(=O)N1CCCC1. The third-order valence-electron chi connectivity index (χ3n) is 7.03. The maximum atomic E-state index is 13.7. The Kier molecular flexibility index (Phi) is 6.89. The first-order chi connectivity index (χ1) is 15.5. The van der Waals surface area contributed by atoms with Gasteiger partial charge in [0.2, 0.25) is 11.8 Å². The summed E-state index contributed by atoms with van der Waals surface area (Å²) >= 11 is 6.00. The highest BCUT2D eigenvalue weighted by Crippen LogP contribution is 2.53. The molecular weight excluding hydrogens is 428 g/mol. The number of esters is 1. The topological polar surface area (TPSA) is 66.9 Å². The Morgan fingerprint density at radius 2 is 1.88 bits per heavy atom. The minimum Gasteiger partial charge on any atom is -0.465 e. The molecule has 2 heterocycles. The monoisotopic (exact) mass is 458 g/mol. The Morgan fingerprint density at radius 3 is 2.56 bits per heavy atom. The maximum absolute atomic E-state index is 13.7. The molecule has 3 aliphatic rings. The van der Waals surface area contributed by atoms with E-state index in [1.165, 1.54) is 0 Å². The molecule has 0 spiro atoms. The van der Waals surface area contributed by atoms with Gasteiger partial charge in [0.05, 0.1) is 12.5 Å². The molecule has 172 valence electrons. The molecular formula is C25H31ClN2O4. The third kappa shape index (κ3) is 4.17. The quantitative estimate of drug-likeness (QED) is 0.580. The molecule has 6 nitrogen and oxygen atoms in total. The number of nitrogens with zero attached hydrogens (tertiary/aromatic N) is 2. The molecule has 1 aromatic rings. The van der Waals surface area contributed by atoms with Gasteiger partial charge >= 0.3 is 5.97 Å². The Hall–Kier alpha value is -2.34. The number of amides is 2. The van der Waals surface area contributed by atoms with Crippen LogP contribution in [0.3, 0.4) is 0 Å². The highest BCUT2D eigenvalue weighted by Gasteiger charge is 2.62. The van der Waals surface area contributed by atoms with E-state index in [0.29, 0.717) is 24.4 Å². The van der Waals surface area contributed by atoms with Crippen molar-refractivity contribution in [3.05, 3.63) is 46.6 Å². The van der Waals surface area contributed by atoms with Gasteiger partial charge in [0.15, 0.2) is 0 Å². The van der Waals surface area contributed by atoms with Gasteiger partial charge < -0.3 is 14.5 Å². The van der Waals surface area contributed by atoms with E-state index >= 15 is 0 Å². The van der Waals surface area contributed by atoms with Gasteiger partial charge in [0, 0.05) is 36.8 Å². The normalized spacial score (nSPS) is 25.0. The van der Waals surface area contributed by atoms with Crippen LogP contribution in [0.15, 0.2) is 36.0 Å². The van der Waals surface area contributed by atoms with Crippen LogP contribution >= 0.6 is 11.6 Å². The van der Waals surface area contributed by atoms with E-state index in [0.717, 1.165) is 50.0 Å². The average Bonchev–Trinajstić information content (AvgIpc) is 3.41. The lowest BCUT2D eigenvalue weighted by atomic mass is 9.68. The van der Waals surface area contributed by atoms with Crippen LogP contribution in [0.2, 0.25) is 5.02 Å². The number of fused-ring (bicyclic) bond motifs is 1. The summed E-state index contributed by atoms with van der Waals surface area (Å²) in [6.45, 7) is 3.95. The van der Waals surface area contributed by atoms with Crippen LogP contribution < -0.4 is 0 Å². The van der Waals surface area contributed by atoms with E-state index in [-0.39, 0.29) is 30.8 Å². The Morgan fingerprint density at radius 1 is 1.16 bits per heavy atom. The summed E-state index contributed by atoms with van der Waals surface area (Å²) in [4.78, 5) is 43.6. The van der Waals surface area contributed by atoms with E-state index in [9.17, 15) is 14.4 Å². The molecule has 0 aromatic heterocycles. The number of ether oxygens (including phenoxy) is 1. The van der Waals surface area contributed by atoms with Crippen molar-refractivity contribution in [2.75, 3.05) is 26.2 Å². The first-order valence-electron chi connectivity index (χ1n) is 11.7. The largest absolute Gasteiger partial charge is 0.465 e. The number of halogens is 1. The average molecular weight is 459 g/mol. The summed E-state index contributed by atoms with van der Waals surface area (Å²) in [5.41, 5.74) is 0.748.